The van der Waals surface area contributed by atoms with Crippen molar-refractivity contribution in [2.45, 2.75) is 37.9 Å². The van der Waals surface area contributed by atoms with Crippen LogP contribution in [0.5, 0.6) is 0 Å². The minimum Gasteiger partial charge on any atom is -0.371 e. The molecule has 1 aromatic carbocycles. The van der Waals surface area contributed by atoms with E-state index in [9.17, 15) is 0 Å². The average Bonchev–Trinajstić information content (AvgIpc) is 2.41. The van der Waals surface area contributed by atoms with Crippen LogP contribution < -0.4 is 0 Å². The summed E-state index contributed by atoms with van der Waals surface area (Å²) in [4.78, 5) is 1.24. The number of terminal acetylenes is 1. The van der Waals surface area contributed by atoms with Crippen molar-refractivity contribution >= 4 is 21.6 Å². The second-order valence-electron chi connectivity index (χ2n) is 5.21. The quantitative estimate of drug-likeness (QED) is 0.402. The molecule has 0 unspecified atom stereocenters. The van der Waals surface area contributed by atoms with Crippen LogP contribution in [-0.4, -0.2) is 24.6 Å². The number of hydrogen-bond acceptors (Lipinski definition) is 4. The average molecular weight is 310 g/mol. The van der Waals surface area contributed by atoms with Crippen LogP contribution in [0.2, 0.25) is 0 Å². The molecule has 0 aliphatic carbocycles. The van der Waals surface area contributed by atoms with Crippen LogP contribution in [0, 0.1) is 12.3 Å². The SMILES string of the molecule is C#CCOCCSSc1ccc(COC(C)(C)C)cc1. The van der Waals surface area contributed by atoms with E-state index >= 15 is 0 Å². The van der Waals surface area contributed by atoms with E-state index in [0.29, 0.717) is 19.8 Å². The molecule has 0 aromatic heterocycles. The van der Waals surface area contributed by atoms with Crippen molar-refractivity contribution in [1.29, 1.82) is 0 Å². The first-order valence-electron chi connectivity index (χ1n) is 6.55. The summed E-state index contributed by atoms with van der Waals surface area (Å²) in [5, 5.41) is 0. The molecule has 2 nitrogen and oxygen atoms in total. The molecule has 110 valence electrons. The monoisotopic (exact) mass is 310 g/mol. The van der Waals surface area contributed by atoms with Crippen molar-refractivity contribution in [3.05, 3.63) is 29.8 Å². The maximum atomic E-state index is 5.75. The van der Waals surface area contributed by atoms with Gasteiger partial charge in [0.05, 0.1) is 18.8 Å². The molecule has 0 aliphatic rings. The van der Waals surface area contributed by atoms with E-state index in [4.69, 9.17) is 15.9 Å². The highest BCUT2D eigenvalue weighted by atomic mass is 33.1. The lowest BCUT2D eigenvalue weighted by atomic mass is 10.2. The third-order valence-electron chi connectivity index (χ3n) is 2.25. The topological polar surface area (TPSA) is 18.5 Å². The summed E-state index contributed by atoms with van der Waals surface area (Å²) in [6.07, 6.45) is 5.10. The molecule has 0 bridgehead atoms. The summed E-state index contributed by atoms with van der Waals surface area (Å²) in [6, 6.07) is 8.48. The van der Waals surface area contributed by atoms with Gasteiger partial charge in [-0.25, -0.2) is 0 Å². The first kappa shape index (κ1) is 17.5. The van der Waals surface area contributed by atoms with Crippen LogP contribution >= 0.6 is 21.6 Å². The van der Waals surface area contributed by atoms with Crippen molar-refractivity contribution in [2.75, 3.05) is 19.0 Å². The third kappa shape index (κ3) is 8.55. The Bertz CT molecular complexity index is 416. The Morgan fingerprint density at radius 1 is 1.20 bits per heavy atom. The van der Waals surface area contributed by atoms with Crippen LogP contribution in [0.15, 0.2) is 29.2 Å². The second kappa shape index (κ2) is 9.36. The van der Waals surface area contributed by atoms with Gasteiger partial charge in [-0.1, -0.05) is 39.6 Å². The van der Waals surface area contributed by atoms with E-state index < -0.39 is 0 Å². The zero-order valence-electron chi connectivity index (χ0n) is 12.3. The molecular formula is C16H22O2S2. The predicted octanol–water partition coefficient (Wildman–Crippen LogP) is 4.39. The van der Waals surface area contributed by atoms with Crippen LogP contribution in [-0.2, 0) is 16.1 Å². The lowest BCUT2D eigenvalue weighted by Crippen LogP contribution is -2.18. The summed E-state index contributed by atoms with van der Waals surface area (Å²) >= 11 is 0. The normalized spacial score (nSPS) is 11.3. The summed E-state index contributed by atoms with van der Waals surface area (Å²) in [5.74, 6) is 3.39. The van der Waals surface area contributed by atoms with Crippen molar-refractivity contribution in [3.63, 3.8) is 0 Å². The molecule has 0 saturated heterocycles. The maximum Gasteiger partial charge on any atom is 0.107 e. The lowest BCUT2D eigenvalue weighted by Gasteiger charge is -2.19. The minimum absolute atomic E-state index is 0.0956. The minimum atomic E-state index is -0.0956. The molecule has 0 aliphatic heterocycles. The van der Waals surface area contributed by atoms with Gasteiger partial charge in [0.25, 0.3) is 0 Å². The molecular weight excluding hydrogens is 288 g/mol. The fourth-order valence-electron chi connectivity index (χ4n) is 1.27. The Kier molecular flexibility index (Phi) is 8.16. The van der Waals surface area contributed by atoms with Gasteiger partial charge < -0.3 is 9.47 Å². The van der Waals surface area contributed by atoms with Crippen LogP contribution in [0.1, 0.15) is 26.3 Å². The standard InChI is InChI=1S/C16H22O2S2/c1-5-10-17-11-12-19-20-15-8-6-14(7-9-15)13-18-16(2,3)4/h1,6-9H,10-13H2,2-4H3. The molecule has 0 atom stereocenters. The van der Waals surface area contributed by atoms with Gasteiger partial charge >= 0.3 is 0 Å². The Morgan fingerprint density at radius 2 is 1.90 bits per heavy atom. The Morgan fingerprint density at radius 3 is 2.50 bits per heavy atom. The number of benzene rings is 1. The van der Waals surface area contributed by atoms with E-state index in [1.807, 2.05) is 0 Å². The zero-order valence-corrected chi connectivity index (χ0v) is 14.0. The van der Waals surface area contributed by atoms with Gasteiger partial charge in [0.2, 0.25) is 0 Å². The number of ether oxygens (including phenoxy) is 2. The van der Waals surface area contributed by atoms with Crippen LogP contribution in [0.4, 0.5) is 0 Å². The van der Waals surface area contributed by atoms with Gasteiger partial charge in [-0.15, -0.1) is 6.42 Å². The number of hydrogen-bond donors (Lipinski definition) is 0. The highest BCUT2D eigenvalue weighted by Gasteiger charge is 2.09. The first-order chi connectivity index (χ1) is 9.51. The van der Waals surface area contributed by atoms with E-state index in [0.717, 1.165) is 5.75 Å². The molecule has 1 rings (SSSR count). The van der Waals surface area contributed by atoms with E-state index in [2.05, 4.69) is 51.0 Å². The fraction of sp³-hybridized carbons (Fsp3) is 0.500. The van der Waals surface area contributed by atoms with Gasteiger partial charge in [-0.05, 0) is 38.5 Å². The molecule has 0 amide bonds. The Balaban J connectivity index is 2.23. The summed E-state index contributed by atoms with van der Waals surface area (Å²) in [5.41, 5.74) is 1.11. The first-order valence-corrected chi connectivity index (χ1v) is 8.87. The van der Waals surface area contributed by atoms with E-state index in [1.165, 1.54) is 10.5 Å². The van der Waals surface area contributed by atoms with Crippen LogP contribution in [0.25, 0.3) is 0 Å². The second-order valence-corrected chi connectivity index (χ2v) is 7.70. The molecule has 0 saturated carbocycles. The summed E-state index contributed by atoms with van der Waals surface area (Å²) in [6.45, 7) is 7.94. The van der Waals surface area contributed by atoms with Crippen molar-refractivity contribution in [2.24, 2.45) is 0 Å². The number of rotatable bonds is 8. The molecule has 0 spiro atoms. The van der Waals surface area contributed by atoms with Crippen molar-refractivity contribution in [3.8, 4) is 12.3 Å². The lowest BCUT2D eigenvalue weighted by molar-refractivity contribution is -0.0149. The third-order valence-corrected chi connectivity index (χ3v) is 4.59. The van der Waals surface area contributed by atoms with Gasteiger partial charge in [-0.3, -0.25) is 0 Å². The maximum absolute atomic E-state index is 5.75. The fourth-order valence-corrected chi connectivity index (χ4v) is 3.12. The molecule has 0 heterocycles. The molecule has 4 heteroatoms. The molecule has 0 radical (unpaired) electrons. The zero-order chi connectivity index (χ0) is 14.8. The highest BCUT2D eigenvalue weighted by molar-refractivity contribution is 8.76. The predicted molar refractivity (Wildman–Crippen MR) is 89.0 cm³/mol. The molecule has 0 fully saturated rings. The Labute approximate surface area is 130 Å². The smallest absolute Gasteiger partial charge is 0.107 e. The van der Waals surface area contributed by atoms with Gasteiger partial charge in [0, 0.05) is 10.6 Å². The molecule has 1 aromatic rings. The molecule has 0 N–H and O–H groups in total. The summed E-state index contributed by atoms with van der Waals surface area (Å²) in [7, 11) is 3.53. The highest BCUT2D eigenvalue weighted by Crippen LogP contribution is 2.30. The Hall–Kier alpha value is -0.600. The summed E-state index contributed by atoms with van der Waals surface area (Å²) < 4.78 is 11.0. The van der Waals surface area contributed by atoms with Crippen LogP contribution in [0.3, 0.4) is 0 Å². The van der Waals surface area contributed by atoms with E-state index in [-0.39, 0.29) is 5.60 Å². The van der Waals surface area contributed by atoms with Crippen molar-refractivity contribution in [1.82, 2.24) is 0 Å². The molecule has 20 heavy (non-hydrogen) atoms. The van der Waals surface area contributed by atoms with Crippen molar-refractivity contribution < 1.29 is 9.47 Å². The van der Waals surface area contributed by atoms with Gasteiger partial charge in [0.1, 0.15) is 6.61 Å². The largest absolute Gasteiger partial charge is 0.371 e. The van der Waals surface area contributed by atoms with Gasteiger partial charge in [-0.2, -0.15) is 0 Å². The van der Waals surface area contributed by atoms with E-state index in [1.54, 1.807) is 21.6 Å². The van der Waals surface area contributed by atoms with Gasteiger partial charge in [0.15, 0.2) is 0 Å².